The van der Waals surface area contributed by atoms with Crippen LogP contribution in [0.3, 0.4) is 0 Å². The van der Waals surface area contributed by atoms with E-state index in [4.69, 9.17) is 9.47 Å². The van der Waals surface area contributed by atoms with Crippen molar-refractivity contribution in [1.82, 2.24) is 0 Å². The second-order valence-corrected chi connectivity index (χ2v) is 4.15. The zero-order valence-corrected chi connectivity index (χ0v) is 11.6. The third kappa shape index (κ3) is 4.39. The number of benzene rings is 1. The van der Waals surface area contributed by atoms with Gasteiger partial charge in [0.05, 0.1) is 17.7 Å². The fourth-order valence-corrected chi connectivity index (χ4v) is 1.66. The lowest BCUT2D eigenvalue weighted by Crippen LogP contribution is -2.17. The third-order valence-corrected chi connectivity index (χ3v) is 2.79. The molecule has 0 unspecified atom stereocenters. The summed E-state index contributed by atoms with van der Waals surface area (Å²) in [4.78, 5) is 23.5. The molecule has 0 fully saturated rings. The summed E-state index contributed by atoms with van der Waals surface area (Å²) in [5.41, 5.74) is 0.735. The van der Waals surface area contributed by atoms with Gasteiger partial charge in [-0.1, -0.05) is 19.9 Å². The average Bonchev–Trinajstić information content (AvgIpc) is 2.44. The Kier molecular flexibility index (Phi) is 6.06. The first kappa shape index (κ1) is 15.2. The molecule has 0 heterocycles. The summed E-state index contributed by atoms with van der Waals surface area (Å²) in [7, 11) is 0. The molecule has 0 spiro atoms. The summed E-state index contributed by atoms with van der Waals surface area (Å²) in [6, 6.07) is 6.40. The van der Waals surface area contributed by atoms with Crippen LogP contribution in [0.25, 0.3) is 0 Å². The molecule has 4 nitrogen and oxygen atoms in total. The summed E-state index contributed by atoms with van der Waals surface area (Å²) < 4.78 is 10.2. The van der Waals surface area contributed by atoms with Crippen LogP contribution in [-0.4, -0.2) is 24.6 Å². The molecule has 0 atom stereocenters. The smallest absolute Gasteiger partial charge is 0.338 e. The topological polar surface area (TPSA) is 52.6 Å². The van der Waals surface area contributed by atoms with Crippen LogP contribution in [-0.2, 0) is 9.47 Å². The number of carbonyl (C=O) groups is 2. The Hall–Kier alpha value is -1.84. The van der Waals surface area contributed by atoms with Crippen LogP contribution >= 0.6 is 0 Å². The molecule has 4 heteroatoms. The Bertz CT molecular complexity index is 436. The molecule has 1 rings (SSSR count). The van der Waals surface area contributed by atoms with Crippen molar-refractivity contribution >= 4 is 11.9 Å². The van der Waals surface area contributed by atoms with Gasteiger partial charge in [-0.3, -0.25) is 0 Å². The van der Waals surface area contributed by atoms with Crippen LogP contribution in [0.15, 0.2) is 24.3 Å². The highest BCUT2D eigenvalue weighted by molar-refractivity contribution is 5.95. The maximum Gasteiger partial charge on any atom is 0.338 e. The number of rotatable bonds is 6. The van der Waals surface area contributed by atoms with Crippen LogP contribution in [0, 0.1) is 0 Å². The number of hydrogen-bond donors (Lipinski definition) is 0. The SMILES string of the molecule is CCOC(=O)c1cccc(C(=O)OC(CC)CC)c1. The predicted molar refractivity (Wildman–Crippen MR) is 72.2 cm³/mol. The van der Waals surface area contributed by atoms with Gasteiger partial charge in [0.25, 0.3) is 0 Å². The fraction of sp³-hybridized carbons (Fsp3) is 0.467. The zero-order chi connectivity index (χ0) is 14.3. The second kappa shape index (κ2) is 7.56. The Morgan fingerprint density at radius 3 is 2.16 bits per heavy atom. The molecule has 0 aliphatic rings. The molecule has 1 aromatic rings. The summed E-state index contributed by atoms with van der Waals surface area (Å²) >= 11 is 0. The third-order valence-electron chi connectivity index (χ3n) is 2.79. The molecular weight excluding hydrogens is 244 g/mol. The van der Waals surface area contributed by atoms with Crippen LogP contribution in [0.4, 0.5) is 0 Å². The first-order chi connectivity index (χ1) is 9.12. The molecule has 0 N–H and O–H groups in total. The van der Waals surface area contributed by atoms with Gasteiger partial charge in [-0.25, -0.2) is 9.59 Å². The Morgan fingerprint density at radius 1 is 1.05 bits per heavy atom. The zero-order valence-electron chi connectivity index (χ0n) is 11.6. The highest BCUT2D eigenvalue weighted by Gasteiger charge is 2.15. The summed E-state index contributed by atoms with van der Waals surface area (Å²) in [5, 5.41) is 0. The van der Waals surface area contributed by atoms with Gasteiger partial charge >= 0.3 is 11.9 Å². The normalized spacial score (nSPS) is 10.3. The standard InChI is InChI=1S/C15H20O4/c1-4-13(5-2)19-15(17)12-9-7-8-11(10-12)14(16)18-6-3/h7-10,13H,4-6H2,1-3H3. The lowest BCUT2D eigenvalue weighted by molar-refractivity contribution is 0.0284. The van der Waals surface area contributed by atoms with E-state index in [1.807, 2.05) is 13.8 Å². The number of hydrogen-bond acceptors (Lipinski definition) is 4. The van der Waals surface area contributed by atoms with Crippen molar-refractivity contribution in [3.05, 3.63) is 35.4 Å². The Labute approximate surface area is 113 Å². The van der Waals surface area contributed by atoms with Crippen molar-refractivity contribution in [2.24, 2.45) is 0 Å². The van der Waals surface area contributed by atoms with Gasteiger partial charge in [0.1, 0.15) is 6.10 Å². The summed E-state index contributed by atoms with van der Waals surface area (Å²) in [6.45, 7) is 5.98. The molecule has 104 valence electrons. The molecule has 0 amide bonds. The van der Waals surface area contributed by atoms with E-state index in [0.717, 1.165) is 12.8 Å². The number of ether oxygens (including phenoxy) is 2. The van der Waals surface area contributed by atoms with Crippen molar-refractivity contribution < 1.29 is 19.1 Å². The first-order valence-corrected chi connectivity index (χ1v) is 6.60. The van der Waals surface area contributed by atoms with E-state index in [1.54, 1.807) is 25.1 Å². The quantitative estimate of drug-likeness (QED) is 0.740. The van der Waals surface area contributed by atoms with Gasteiger partial charge < -0.3 is 9.47 Å². The largest absolute Gasteiger partial charge is 0.462 e. The lowest BCUT2D eigenvalue weighted by Gasteiger charge is -2.14. The van der Waals surface area contributed by atoms with Crippen molar-refractivity contribution in [3.8, 4) is 0 Å². The van der Waals surface area contributed by atoms with E-state index in [0.29, 0.717) is 17.7 Å². The molecule has 0 aliphatic heterocycles. The van der Waals surface area contributed by atoms with Gasteiger partial charge in [-0.2, -0.15) is 0 Å². The maximum absolute atomic E-state index is 11.9. The van der Waals surface area contributed by atoms with Crippen LogP contribution < -0.4 is 0 Å². The fourth-order valence-electron chi connectivity index (χ4n) is 1.66. The lowest BCUT2D eigenvalue weighted by atomic mass is 10.1. The maximum atomic E-state index is 11.9. The molecular formula is C15H20O4. The van der Waals surface area contributed by atoms with E-state index in [2.05, 4.69) is 0 Å². The van der Waals surface area contributed by atoms with Gasteiger partial charge in [-0.05, 0) is 38.0 Å². The molecule has 0 saturated heterocycles. The van der Waals surface area contributed by atoms with E-state index in [1.165, 1.54) is 6.07 Å². The van der Waals surface area contributed by atoms with Crippen LogP contribution in [0.1, 0.15) is 54.3 Å². The Balaban J connectivity index is 2.81. The monoisotopic (exact) mass is 264 g/mol. The van der Waals surface area contributed by atoms with Crippen molar-refractivity contribution in [2.45, 2.75) is 39.7 Å². The van der Waals surface area contributed by atoms with Crippen molar-refractivity contribution in [1.29, 1.82) is 0 Å². The molecule has 1 aromatic carbocycles. The summed E-state index contributed by atoms with van der Waals surface area (Å²) in [6.07, 6.45) is 1.47. The van der Waals surface area contributed by atoms with E-state index in [-0.39, 0.29) is 6.10 Å². The minimum Gasteiger partial charge on any atom is -0.462 e. The minimum absolute atomic E-state index is 0.0845. The molecule has 0 saturated carbocycles. The highest BCUT2D eigenvalue weighted by atomic mass is 16.5. The van der Waals surface area contributed by atoms with Gasteiger partial charge in [-0.15, -0.1) is 0 Å². The minimum atomic E-state index is -0.431. The Morgan fingerprint density at radius 2 is 1.63 bits per heavy atom. The van der Waals surface area contributed by atoms with E-state index < -0.39 is 11.9 Å². The summed E-state index contributed by atoms with van der Waals surface area (Å²) in [5.74, 6) is -0.834. The van der Waals surface area contributed by atoms with Gasteiger partial charge in [0.2, 0.25) is 0 Å². The molecule has 0 radical (unpaired) electrons. The van der Waals surface area contributed by atoms with Crippen LogP contribution in [0.2, 0.25) is 0 Å². The van der Waals surface area contributed by atoms with E-state index >= 15 is 0 Å². The predicted octanol–water partition coefficient (Wildman–Crippen LogP) is 3.21. The second-order valence-electron chi connectivity index (χ2n) is 4.15. The van der Waals surface area contributed by atoms with Crippen molar-refractivity contribution in [2.75, 3.05) is 6.61 Å². The van der Waals surface area contributed by atoms with Gasteiger partial charge in [0, 0.05) is 0 Å². The number of esters is 2. The highest BCUT2D eigenvalue weighted by Crippen LogP contribution is 2.11. The first-order valence-electron chi connectivity index (χ1n) is 6.60. The van der Waals surface area contributed by atoms with Crippen LogP contribution in [0.5, 0.6) is 0 Å². The van der Waals surface area contributed by atoms with Gasteiger partial charge in [0.15, 0.2) is 0 Å². The van der Waals surface area contributed by atoms with E-state index in [9.17, 15) is 9.59 Å². The molecule has 0 aliphatic carbocycles. The number of carbonyl (C=O) groups excluding carboxylic acids is 2. The molecule has 19 heavy (non-hydrogen) atoms. The molecule has 0 aromatic heterocycles. The van der Waals surface area contributed by atoms with Crippen molar-refractivity contribution in [3.63, 3.8) is 0 Å². The average molecular weight is 264 g/mol. The molecule has 0 bridgehead atoms.